The zero-order valence-corrected chi connectivity index (χ0v) is 19.0. The van der Waals surface area contributed by atoms with Crippen LogP contribution in [0.25, 0.3) is 0 Å². The van der Waals surface area contributed by atoms with Crippen LogP contribution in [0, 0.1) is 5.92 Å². The van der Waals surface area contributed by atoms with Crippen LogP contribution in [-0.2, 0) is 20.8 Å². The van der Waals surface area contributed by atoms with Gasteiger partial charge in [0.15, 0.2) is 0 Å². The largest absolute Gasteiger partial charge is 0.449 e. The van der Waals surface area contributed by atoms with E-state index in [9.17, 15) is 4.79 Å². The van der Waals surface area contributed by atoms with Crippen LogP contribution in [0.2, 0.25) is 0 Å². The molecule has 2 aromatic rings. The van der Waals surface area contributed by atoms with Gasteiger partial charge in [0, 0.05) is 22.7 Å². The van der Waals surface area contributed by atoms with Crippen LogP contribution in [0.4, 0.5) is 10.5 Å². The Labute approximate surface area is 187 Å². The fourth-order valence-electron chi connectivity index (χ4n) is 3.54. The molecule has 30 heavy (non-hydrogen) atoms. The van der Waals surface area contributed by atoms with Crippen LogP contribution in [0.15, 0.2) is 59.1 Å². The number of hydrogen-bond acceptors (Lipinski definition) is 4. The Bertz CT molecular complexity index is 769. The minimum atomic E-state index is -0.439. The highest BCUT2D eigenvalue weighted by Crippen LogP contribution is 2.26. The van der Waals surface area contributed by atoms with E-state index in [-0.39, 0.29) is 18.1 Å². The van der Waals surface area contributed by atoms with Crippen molar-refractivity contribution in [1.82, 2.24) is 0 Å². The van der Waals surface area contributed by atoms with Crippen LogP contribution < -0.4 is 5.32 Å². The Kier molecular flexibility index (Phi) is 9.18. The normalized spacial score (nSPS) is 19.8. The lowest BCUT2D eigenvalue weighted by Crippen LogP contribution is -2.35. The van der Waals surface area contributed by atoms with E-state index >= 15 is 0 Å². The Morgan fingerprint density at radius 3 is 2.70 bits per heavy atom. The maximum absolute atomic E-state index is 12.0. The summed E-state index contributed by atoms with van der Waals surface area (Å²) >= 11 is 3.37. The summed E-state index contributed by atoms with van der Waals surface area (Å²) in [5.74, 6) is 0.147. The Morgan fingerprint density at radius 1 is 1.17 bits per heavy atom. The van der Waals surface area contributed by atoms with E-state index in [1.807, 2.05) is 42.5 Å². The number of carbonyl (C=O) groups is 1. The summed E-state index contributed by atoms with van der Waals surface area (Å²) in [4.78, 5) is 12.0. The van der Waals surface area contributed by atoms with Gasteiger partial charge in [0.25, 0.3) is 0 Å². The average molecular weight is 476 g/mol. The second-order valence-electron chi connectivity index (χ2n) is 7.76. The number of rotatable bonds is 9. The summed E-state index contributed by atoms with van der Waals surface area (Å²) in [6.45, 7) is 3.73. The van der Waals surface area contributed by atoms with E-state index in [0.717, 1.165) is 30.2 Å². The van der Waals surface area contributed by atoms with Crippen molar-refractivity contribution in [2.75, 3.05) is 18.5 Å². The van der Waals surface area contributed by atoms with Gasteiger partial charge in [-0.15, -0.1) is 0 Å². The van der Waals surface area contributed by atoms with Gasteiger partial charge >= 0.3 is 6.09 Å². The minimum Gasteiger partial charge on any atom is -0.449 e. The summed E-state index contributed by atoms with van der Waals surface area (Å²) in [5, 5.41) is 2.74. The van der Waals surface area contributed by atoms with Gasteiger partial charge in [-0.3, -0.25) is 5.32 Å². The maximum atomic E-state index is 12.0. The third-order valence-corrected chi connectivity index (χ3v) is 5.81. The van der Waals surface area contributed by atoms with E-state index in [0.29, 0.717) is 25.5 Å². The molecule has 1 heterocycles. The van der Waals surface area contributed by atoms with E-state index in [1.165, 1.54) is 5.56 Å². The zero-order chi connectivity index (χ0) is 21.2. The monoisotopic (exact) mass is 475 g/mol. The highest BCUT2D eigenvalue weighted by atomic mass is 79.9. The van der Waals surface area contributed by atoms with Gasteiger partial charge in [-0.05, 0) is 55.5 Å². The van der Waals surface area contributed by atoms with Gasteiger partial charge in [-0.2, -0.15) is 0 Å². The molecule has 6 heteroatoms. The first-order valence-corrected chi connectivity index (χ1v) is 11.4. The van der Waals surface area contributed by atoms with Crippen LogP contribution in [0.1, 0.15) is 38.2 Å². The molecule has 0 spiro atoms. The first kappa shape index (κ1) is 22.8. The molecule has 0 radical (unpaired) electrons. The third-order valence-electron chi connectivity index (χ3n) is 5.28. The van der Waals surface area contributed by atoms with Crippen molar-refractivity contribution in [2.45, 2.75) is 51.4 Å². The molecule has 0 unspecified atom stereocenters. The molecule has 1 aliphatic heterocycles. The molecule has 1 amide bonds. The number of halogens is 1. The van der Waals surface area contributed by atoms with Crippen molar-refractivity contribution < 1.29 is 19.0 Å². The van der Waals surface area contributed by atoms with Crippen molar-refractivity contribution in [2.24, 2.45) is 5.92 Å². The Hall–Kier alpha value is -1.89. The molecule has 0 saturated carbocycles. The quantitative estimate of drug-likeness (QED) is 0.440. The smallest absolute Gasteiger partial charge is 0.411 e. The molecule has 0 bridgehead atoms. The molecular formula is C24H30BrNO4. The molecule has 1 N–H and O–H groups in total. The molecular weight excluding hydrogens is 446 g/mol. The highest BCUT2D eigenvalue weighted by Gasteiger charge is 2.27. The molecule has 0 aliphatic carbocycles. The van der Waals surface area contributed by atoms with Gasteiger partial charge in [0.05, 0.1) is 25.4 Å². The summed E-state index contributed by atoms with van der Waals surface area (Å²) in [5.41, 5.74) is 1.90. The van der Waals surface area contributed by atoms with Gasteiger partial charge in [0.1, 0.15) is 0 Å². The number of amides is 1. The highest BCUT2D eigenvalue weighted by molar-refractivity contribution is 9.10. The van der Waals surface area contributed by atoms with Crippen LogP contribution >= 0.6 is 15.9 Å². The number of nitrogens with one attached hydrogen (secondary N) is 1. The Balaban J connectivity index is 1.33. The number of anilines is 1. The molecule has 1 aliphatic rings. The molecule has 1 fully saturated rings. The lowest BCUT2D eigenvalue weighted by atomic mass is 9.94. The summed E-state index contributed by atoms with van der Waals surface area (Å²) in [6.07, 6.45) is 3.95. The zero-order valence-electron chi connectivity index (χ0n) is 17.4. The molecule has 3 rings (SSSR count). The van der Waals surface area contributed by atoms with Crippen LogP contribution in [0.5, 0.6) is 0 Å². The molecule has 3 atom stereocenters. The summed E-state index contributed by atoms with van der Waals surface area (Å²) < 4.78 is 18.4. The first-order valence-electron chi connectivity index (χ1n) is 10.6. The predicted octanol–water partition coefficient (Wildman–Crippen LogP) is 6.18. The van der Waals surface area contributed by atoms with E-state index in [2.05, 4.69) is 40.3 Å². The van der Waals surface area contributed by atoms with E-state index < -0.39 is 6.09 Å². The summed E-state index contributed by atoms with van der Waals surface area (Å²) in [7, 11) is 0. The third kappa shape index (κ3) is 7.74. The van der Waals surface area contributed by atoms with Crippen molar-refractivity contribution in [1.29, 1.82) is 0 Å². The number of benzene rings is 2. The van der Waals surface area contributed by atoms with Crippen molar-refractivity contribution in [3.05, 3.63) is 64.6 Å². The standard InChI is InChI=1S/C24H30BrNO4/c1-18(16-29-24(27)26-21-12-10-20(25)11-13-21)23-9-5-8-22(30-23)14-15-28-17-19-6-3-2-4-7-19/h2-4,6-7,10-13,18,22-23H,5,8-9,14-17H2,1H3,(H,26,27)/t18-,22+,23+/m0/s1. The maximum Gasteiger partial charge on any atom is 0.411 e. The lowest BCUT2D eigenvalue weighted by molar-refractivity contribution is -0.0923. The molecule has 162 valence electrons. The molecule has 2 aromatic carbocycles. The average Bonchev–Trinajstić information content (AvgIpc) is 2.77. The van der Waals surface area contributed by atoms with E-state index in [4.69, 9.17) is 14.2 Å². The van der Waals surface area contributed by atoms with Gasteiger partial charge in [-0.1, -0.05) is 53.2 Å². The molecule has 5 nitrogen and oxygen atoms in total. The summed E-state index contributed by atoms with van der Waals surface area (Å²) in [6, 6.07) is 17.6. The van der Waals surface area contributed by atoms with Crippen molar-refractivity contribution in [3.63, 3.8) is 0 Å². The number of carbonyl (C=O) groups excluding carboxylic acids is 1. The van der Waals surface area contributed by atoms with Crippen molar-refractivity contribution in [3.8, 4) is 0 Å². The van der Waals surface area contributed by atoms with Crippen LogP contribution in [0.3, 0.4) is 0 Å². The lowest BCUT2D eigenvalue weighted by Gasteiger charge is -2.33. The molecule has 0 aromatic heterocycles. The van der Waals surface area contributed by atoms with Crippen LogP contribution in [-0.4, -0.2) is 31.5 Å². The van der Waals surface area contributed by atoms with Gasteiger partial charge < -0.3 is 14.2 Å². The Morgan fingerprint density at radius 2 is 1.93 bits per heavy atom. The minimum absolute atomic E-state index is 0.110. The fourth-order valence-corrected chi connectivity index (χ4v) is 3.81. The number of hydrogen-bond donors (Lipinski definition) is 1. The second-order valence-corrected chi connectivity index (χ2v) is 8.68. The SMILES string of the molecule is C[C@@H](COC(=O)Nc1ccc(Br)cc1)[C@H]1CCC[C@H](CCOCc2ccccc2)O1. The predicted molar refractivity (Wildman–Crippen MR) is 122 cm³/mol. The van der Waals surface area contributed by atoms with Crippen molar-refractivity contribution >= 4 is 27.7 Å². The number of ether oxygens (including phenoxy) is 3. The second kappa shape index (κ2) is 12.1. The van der Waals surface area contributed by atoms with E-state index in [1.54, 1.807) is 0 Å². The van der Waals surface area contributed by atoms with Gasteiger partial charge in [0.2, 0.25) is 0 Å². The first-order chi connectivity index (χ1) is 14.6. The fraction of sp³-hybridized carbons (Fsp3) is 0.458. The molecule has 1 saturated heterocycles. The topological polar surface area (TPSA) is 56.8 Å². The van der Waals surface area contributed by atoms with Gasteiger partial charge in [-0.25, -0.2) is 4.79 Å².